The summed E-state index contributed by atoms with van der Waals surface area (Å²) < 4.78 is 31.1. The van der Waals surface area contributed by atoms with Gasteiger partial charge in [-0.3, -0.25) is 4.79 Å². The van der Waals surface area contributed by atoms with E-state index in [4.69, 9.17) is 4.42 Å². The fourth-order valence-electron chi connectivity index (χ4n) is 4.05. The summed E-state index contributed by atoms with van der Waals surface area (Å²) in [5.74, 6) is 0.0139. The molecule has 0 radical (unpaired) electrons. The topological polar surface area (TPSA) is 79.6 Å². The first kappa shape index (κ1) is 19.7. The Hall–Kier alpha value is -2.64. The Kier molecular flexibility index (Phi) is 4.75. The number of nitrogens with zero attached hydrogens (tertiary/aromatic N) is 1. The van der Waals surface area contributed by atoms with Gasteiger partial charge in [0.1, 0.15) is 5.58 Å². The number of furan rings is 1. The molecule has 4 rings (SSSR count). The molecule has 0 unspecified atom stereocenters. The number of hydrogen-bond donors (Lipinski definition) is 1. The lowest BCUT2D eigenvalue weighted by molar-refractivity contribution is 0.0997. The van der Waals surface area contributed by atoms with Crippen molar-refractivity contribution in [3.05, 3.63) is 63.9 Å². The van der Waals surface area contributed by atoms with Crippen LogP contribution in [0.4, 0.5) is 5.69 Å². The van der Waals surface area contributed by atoms with Gasteiger partial charge in [0, 0.05) is 29.7 Å². The number of hydrogen-bond acceptors (Lipinski definition) is 4. The lowest BCUT2D eigenvalue weighted by atomic mass is 9.99. The monoisotopic (exact) mass is 412 g/mol. The Balaban J connectivity index is 1.67. The highest BCUT2D eigenvalue weighted by Crippen LogP contribution is 2.32. The highest BCUT2D eigenvalue weighted by atomic mass is 32.2. The van der Waals surface area contributed by atoms with E-state index in [9.17, 15) is 13.2 Å². The van der Waals surface area contributed by atoms with Crippen LogP contribution in [0.5, 0.6) is 0 Å². The number of sulfonamides is 1. The SMILES string of the molecule is Cc1ccc(C)c2c(C)c(C(=O)Nc3cccc4c3CCN(S(C)(=O)=O)C4)oc12. The van der Waals surface area contributed by atoms with Gasteiger partial charge >= 0.3 is 0 Å². The maximum atomic E-state index is 13.0. The smallest absolute Gasteiger partial charge is 0.291 e. The van der Waals surface area contributed by atoms with Crippen LogP contribution in [0.2, 0.25) is 0 Å². The predicted molar refractivity (Wildman–Crippen MR) is 114 cm³/mol. The van der Waals surface area contributed by atoms with E-state index in [1.807, 2.05) is 51.1 Å². The van der Waals surface area contributed by atoms with E-state index in [1.165, 1.54) is 10.6 Å². The van der Waals surface area contributed by atoms with Gasteiger partial charge in [0.05, 0.1) is 6.26 Å². The Bertz CT molecular complexity index is 1240. The molecule has 1 aliphatic rings. The molecule has 2 aromatic carbocycles. The summed E-state index contributed by atoms with van der Waals surface area (Å²) in [5, 5.41) is 3.96. The van der Waals surface area contributed by atoms with E-state index in [2.05, 4.69) is 5.32 Å². The predicted octanol–water partition coefficient (Wildman–Crippen LogP) is 3.93. The van der Waals surface area contributed by atoms with Crippen molar-refractivity contribution in [1.29, 1.82) is 0 Å². The quantitative estimate of drug-likeness (QED) is 0.707. The van der Waals surface area contributed by atoms with Crippen LogP contribution in [0.15, 0.2) is 34.7 Å². The van der Waals surface area contributed by atoms with Crippen molar-refractivity contribution in [2.75, 3.05) is 18.1 Å². The average Bonchev–Trinajstić information content (AvgIpc) is 3.02. The summed E-state index contributed by atoms with van der Waals surface area (Å²) in [6, 6.07) is 9.61. The normalized spacial score (nSPS) is 14.8. The van der Waals surface area contributed by atoms with Crippen molar-refractivity contribution in [1.82, 2.24) is 4.31 Å². The third kappa shape index (κ3) is 3.45. The lowest BCUT2D eigenvalue weighted by Crippen LogP contribution is -2.35. The van der Waals surface area contributed by atoms with Crippen molar-refractivity contribution in [2.45, 2.75) is 33.7 Å². The molecule has 29 heavy (non-hydrogen) atoms. The molecule has 0 saturated carbocycles. The molecule has 7 heteroatoms. The van der Waals surface area contributed by atoms with Gasteiger partial charge in [-0.2, -0.15) is 4.31 Å². The molecule has 1 aromatic heterocycles. The number of rotatable bonds is 3. The summed E-state index contributed by atoms with van der Waals surface area (Å²) in [7, 11) is -3.25. The minimum Gasteiger partial charge on any atom is -0.450 e. The van der Waals surface area contributed by atoms with Gasteiger partial charge in [-0.05, 0) is 55.5 Å². The first-order valence-electron chi connectivity index (χ1n) is 9.53. The molecule has 1 aliphatic heterocycles. The Morgan fingerprint density at radius 3 is 2.52 bits per heavy atom. The second-order valence-corrected chi connectivity index (χ2v) is 9.69. The van der Waals surface area contributed by atoms with Crippen LogP contribution >= 0.6 is 0 Å². The summed E-state index contributed by atoms with van der Waals surface area (Å²) in [6.07, 6.45) is 1.77. The van der Waals surface area contributed by atoms with Gasteiger partial charge in [0.25, 0.3) is 5.91 Å². The number of fused-ring (bicyclic) bond motifs is 2. The Morgan fingerprint density at radius 2 is 1.83 bits per heavy atom. The number of anilines is 1. The van der Waals surface area contributed by atoms with Crippen molar-refractivity contribution in [3.8, 4) is 0 Å². The molecular weight excluding hydrogens is 388 g/mol. The molecule has 3 aromatic rings. The molecule has 6 nitrogen and oxygen atoms in total. The summed E-state index contributed by atoms with van der Waals surface area (Å²) in [4.78, 5) is 13.0. The Morgan fingerprint density at radius 1 is 1.10 bits per heavy atom. The van der Waals surface area contributed by atoms with Crippen molar-refractivity contribution >= 4 is 32.6 Å². The largest absolute Gasteiger partial charge is 0.450 e. The van der Waals surface area contributed by atoms with Gasteiger partial charge in [-0.1, -0.05) is 24.3 Å². The highest BCUT2D eigenvalue weighted by Gasteiger charge is 2.26. The van der Waals surface area contributed by atoms with Gasteiger partial charge in [-0.15, -0.1) is 0 Å². The van der Waals surface area contributed by atoms with Crippen LogP contribution in [0.1, 0.15) is 38.4 Å². The molecule has 0 spiro atoms. The van der Waals surface area contributed by atoms with Gasteiger partial charge in [-0.25, -0.2) is 8.42 Å². The second kappa shape index (κ2) is 7.00. The second-order valence-electron chi connectivity index (χ2n) is 7.70. The highest BCUT2D eigenvalue weighted by molar-refractivity contribution is 7.88. The van der Waals surface area contributed by atoms with Crippen LogP contribution in [-0.4, -0.2) is 31.4 Å². The van der Waals surface area contributed by atoms with Gasteiger partial charge < -0.3 is 9.73 Å². The summed E-state index contributed by atoms with van der Waals surface area (Å²) >= 11 is 0. The van der Waals surface area contributed by atoms with E-state index in [1.54, 1.807) is 0 Å². The van der Waals surface area contributed by atoms with E-state index < -0.39 is 10.0 Å². The number of carbonyl (C=O) groups excluding carboxylic acids is 1. The number of benzene rings is 2. The molecule has 0 fully saturated rings. The fourth-order valence-corrected chi connectivity index (χ4v) is 4.85. The lowest BCUT2D eigenvalue weighted by Gasteiger charge is -2.28. The third-order valence-electron chi connectivity index (χ3n) is 5.64. The molecule has 1 amide bonds. The standard InChI is InChI=1S/C22H24N2O4S/c1-13-8-9-14(2)20-19(13)15(3)21(28-20)22(25)23-18-7-5-6-16-12-24(29(4,26)27)11-10-17(16)18/h5-9H,10-12H2,1-4H3,(H,23,25). The van der Waals surface area contributed by atoms with E-state index >= 15 is 0 Å². The molecule has 152 valence electrons. The number of carbonyl (C=O) groups is 1. The molecule has 0 atom stereocenters. The number of nitrogens with one attached hydrogen (secondary N) is 1. The number of aryl methyl sites for hydroxylation is 3. The molecule has 0 bridgehead atoms. The first-order valence-corrected chi connectivity index (χ1v) is 11.4. The van der Waals surface area contributed by atoms with E-state index in [0.717, 1.165) is 38.8 Å². The summed E-state index contributed by atoms with van der Waals surface area (Å²) in [6.45, 7) is 6.60. The maximum absolute atomic E-state index is 13.0. The minimum atomic E-state index is -3.25. The molecule has 2 heterocycles. The van der Waals surface area contributed by atoms with Crippen molar-refractivity contribution in [2.24, 2.45) is 0 Å². The van der Waals surface area contributed by atoms with Gasteiger partial charge in [0.15, 0.2) is 5.76 Å². The van der Waals surface area contributed by atoms with Crippen LogP contribution < -0.4 is 5.32 Å². The molecule has 0 saturated heterocycles. The molecule has 0 aliphatic carbocycles. The van der Waals surface area contributed by atoms with E-state index in [0.29, 0.717) is 31.0 Å². The molecule has 1 N–H and O–H groups in total. The van der Waals surface area contributed by atoms with Crippen molar-refractivity contribution in [3.63, 3.8) is 0 Å². The average molecular weight is 413 g/mol. The van der Waals surface area contributed by atoms with Crippen LogP contribution in [0.25, 0.3) is 11.0 Å². The molecular formula is C22H24N2O4S. The Labute approximate surface area is 170 Å². The van der Waals surface area contributed by atoms with Crippen LogP contribution in [0, 0.1) is 20.8 Å². The zero-order chi connectivity index (χ0) is 20.9. The third-order valence-corrected chi connectivity index (χ3v) is 6.89. The minimum absolute atomic E-state index is 0.295. The first-order chi connectivity index (χ1) is 13.7. The maximum Gasteiger partial charge on any atom is 0.291 e. The van der Waals surface area contributed by atoms with Crippen LogP contribution in [-0.2, 0) is 23.0 Å². The zero-order valence-corrected chi connectivity index (χ0v) is 17.8. The fraction of sp³-hybridized carbons (Fsp3) is 0.318. The summed E-state index contributed by atoms with van der Waals surface area (Å²) in [5.41, 5.74) is 6.22. The van der Waals surface area contributed by atoms with Crippen molar-refractivity contribution < 1.29 is 17.6 Å². The zero-order valence-electron chi connectivity index (χ0n) is 17.0. The number of amides is 1. The van der Waals surface area contributed by atoms with Gasteiger partial charge in [0.2, 0.25) is 10.0 Å². The van der Waals surface area contributed by atoms with Crippen LogP contribution in [0.3, 0.4) is 0 Å². The van der Waals surface area contributed by atoms with E-state index in [-0.39, 0.29) is 5.91 Å².